The van der Waals surface area contributed by atoms with Gasteiger partial charge in [0.1, 0.15) is 11.3 Å². The molecule has 0 radical (unpaired) electrons. The van der Waals surface area contributed by atoms with Crippen molar-refractivity contribution in [1.29, 1.82) is 0 Å². The lowest BCUT2D eigenvalue weighted by Crippen LogP contribution is -2.40. The third-order valence-electron chi connectivity index (χ3n) is 5.04. The van der Waals surface area contributed by atoms with Gasteiger partial charge in [-0.05, 0) is 48.4 Å². The minimum Gasteiger partial charge on any atom is -0.504 e. The topological polar surface area (TPSA) is 72.1 Å². The summed E-state index contributed by atoms with van der Waals surface area (Å²) in [6.45, 7) is 2.60. The third-order valence-corrected chi connectivity index (χ3v) is 5.04. The third kappa shape index (κ3) is 3.82. The Balaban J connectivity index is 1.49. The van der Waals surface area contributed by atoms with Crippen LogP contribution in [-0.2, 0) is 16.0 Å². The Morgan fingerprint density at radius 1 is 1.14 bits per heavy atom. The molecule has 1 saturated heterocycles. The molecule has 0 saturated carbocycles. The van der Waals surface area contributed by atoms with Gasteiger partial charge in [-0.25, -0.2) is 0 Å². The number of carbonyl (C=O) groups is 1. The number of fused-ring (bicyclic) bond motifs is 1. The molecule has 2 aromatic carbocycles. The SMILES string of the molecule is COc1cc(-c2cc3cc(CCC(=O)N4CCOCC4)ccc3o2)ccc1O. The summed E-state index contributed by atoms with van der Waals surface area (Å²) in [7, 11) is 1.52. The van der Waals surface area contributed by atoms with Gasteiger partial charge in [-0.2, -0.15) is 0 Å². The minimum absolute atomic E-state index is 0.0922. The van der Waals surface area contributed by atoms with Crippen molar-refractivity contribution in [3.05, 3.63) is 48.0 Å². The van der Waals surface area contributed by atoms with Crippen molar-refractivity contribution in [2.45, 2.75) is 12.8 Å². The molecule has 1 aliphatic rings. The van der Waals surface area contributed by atoms with E-state index in [-0.39, 0.29) is 11.7 Å². The lowest BCUT2D eigenvalue weighted by molar-refractivity contribution is -0.135. The Hall–Kier alpha value is -2.99. The van der Waals surface area contributed by atoms with Crippen molar-refractivity contribution in [2.24, 2.45) is 0 Å². The molecule has 2 heterocycles. The summed E-state index contributed by atoms with van der Waals surface area (Å²) in [5.41, 5.74) is 2.71. The van der Waals surface area contributed by atoms with E-state index >= 15 is 0 Å². The maximum absolute atomic E-state index is 12.3. The molecule has 3 aromatic rings. The molecule has 0 atom stereocenters. The van der Waals surface area contributed by atoms with Crippen molar-refractivity contribution < 1.29 is 23.8 Å². The molecule has 0 spiro atoms. The van der Waals surface area contributed by atoms with E-state index in [0.717, 1.165) is 22.1 Å². The summed E-state index contributed by atoms with van der Waals surface area (Å²) >= 11 is 0. The first-order valence-electron chi connectivity index (χ1n) is 9.39. The van der Waals surface area contributed by atoms with E-state index in [4.69, 9.17) is 13.9 Å². The first-order valence-corrected chi connectivity index (χ1v) is 9.39. The fourth-order valence-corrected chi connectivity index (χ4v) is 3.44. The minimum atomic E-state index is 0.0922. The van der Waals surface area contributed by atoms with Crippen LogP contribution in [0.25, 0.3) is 22.3 Å². The van der Waals surface area contributed by atoms with Gasteiger partial charge < -0.3 is 23.9 Å². The summed E-state index contributed by atoms with van der Waals surface area (Å²) in [4.78, 5) is 14.2. The number of rotatable bonds is 5. The summed E-state index contributed by atoms with van der Waals surface area (Å²) in [6, 6.07) is 13.1. The molecule has 4 rings (SSSR count). The molecule has 6 heteroatoms. The summed E-state index contributed by atoms with van der Waals surface area (Å²) < 4.78 is 16.4. The molecule has 1 fully saturated rings. The lowest BCUT2D eigenvalue weighted by Gasteiger charge is -2.26. The van der Waals surface area contributed by atoms with Crippen LogP contribution in [0.5, 0.6) is 11.5 Å². The number of aryl methyl sites for hydroxylation is 1. The Labute approximate surface area is 163 Å². The van der Waals surface area contributed by atoms with Crippen LogP contribution in [0.3, 0.4) is 0 Å². The van der Waals surface area contributed by atoms with E-state index in [0.29, 0.717) is 50.7 Å². The van der Waals surface area contributed by atoms with Gasteiger partial charge in [0.15, 0.2) is 11.5 Å². The average molecular weight is 381 g/mol. The Kier molecular flexibility index (Phi) is 5.21. The first-order chi connectivity index (χ1) is 13.6. The molecule has 0 aliphatic carbocycles. The maximum Gasteiger partial charge on any atom is 0.223 e. The van der Waals surface area contributed by atoms with Gasteiger partial charge in [-0.1, -0.05) is 6.07 Å². The number of ether oxygens (including phenoxy) is 2. The smallest absolute Gasteiger partial charge is 0.223 e. The number of hydrogen-bond acceptors (Lipinski definition) is 5. The molecule has 1 amide bonds. The molecule has 1 aromatic heterocycles. The fraction of sp³-hybridized carbons (Fsp3) is 0.318. The molecular formula is C22H23NO5. The molecule has 1 N–H and O–H groups in total. The summed E-state index contributed by atoms with van der Waals surface area (Å²) in [5.74, 6) is 1.37. The Bertz CT molecular complexity index is 988. The van der Waals surface area contributed by atoms with Crippen LogP contribution in [-0.4, -0.2) is 49.3 Å². The number of nitrogens with zero attached hydrogens (tertiary/aromatic N) is 1. The molecule has 0 unspecified atom stereocenters. The zero-order valence-corrected chi connectivity index (χ0v) is 15.8. The van der Waals surface area contributed by atoms with Gasteiger partial charge in [0, 0.05) is 30.5 Å². The Morgan fingerprint density at radius 3 is 2.75 bits per heavy atom. The monoisotopic (exact) mass is 381 g/mol. The molecule has 0 bridgehead atoms. The highest BCUT2D eigenvalue weighted by Gasteiger charge is 2.16. The molecule has 28 heavy (non-hydrogen) atoms. The van der Waals surface area contributed by atoms with Crippen LogP contribution in [0, 0.1) is 0 Å². The van der Waals surface area contributed by atoms with E-state index in [2.05, 4.69) is 6.07 Å². The van der Waals surface area contributed by atoms with Crippen molar-refractivity contribution in [2.75, 3.05) is 33.4 Å². The molecule has 146 valence electrons. The quantitative estimate of drug-likeness (QED) is 0.731. The summed E-state index contributed by atoms with van der Waals surface area (Å²) in [5, 5.41) is 10.7. The number of hydrogen-bond donors (Lipinski definition) is 1. The number of benzene rings is 2. The normalized spacial score (nSPS) is 14.4. The van der Waals surface area contributed by atoms with Crippen molar-refractivity contribution in [1.82, 2.24) is 4.90 Å². The number of phenols is 1. The predicted molar refractivity (Wildman–Crippen MR) is 106 cm³/mol. The van der Waals surface area contributed by atoms with Crippen molar-refractivity contribution in [3.8, 4) is 22.8 Å². The van der Waals surface area contributed by atoms with Crippen LogP contribution in [0.1, 0.15) is 12.0 Å². The lowest BCUT2D eigenvalue weighted by atomic mass is 10.1. The van der Waals surface area contributed by atoms with E-state index in [1.54, 1.807) is 18.2 Å². The van der Waals surface area contributed by atoms with E-state index in [1.807, 2.05) is 23.1 Å². The number of aromatic hydroxyl groups is 1. The van der Waals surface area contributed by atoms with Gasteiger partial charge in [0.05, 0.1) is 20.3 Å². The second kappa shape index (κ2) is 7.94. The standard InChI is InChI=1S/C22H23NO5/c1-26-21-13-16(4-5-18(21)24)20-14-17-12-15(2-6-19(17)28-20)3-7-22(25)23-8-10-27-11-9-23/h2,4-6,12-14,24H,3,7-11H2,1H3. The van der Waals surface area contributed by atoms with Crippen LogP contribution in [0.15, 0.2) is 46.9 Å². The second-order valence-corrected chi connectivity index (χ2v) is 6.86. The van der Waals surface area contributed by atoms with E-state index < -0.39 is 0 Å². The van der Waals surface area contributed by atoms with Crippen LogP contribution in [0.4, 0.5) is 0 Å². The highest BCUT2D eigenvalue weighted by molar-refractivity contribution is 5.84. The van der Waals surface area contributed by atoms with Gasteiger partial charge in [0.25, 0.3) is 0 Å². The largest absolute Gasteiger partial charge is 0.504 e. The highest BCUT2D eigenvalue weighted by atomic mass is 16.5. The van der Waals surface area contributed by atoms with Gasteiger partial charge in [-0.3, -0.25) is 4.79 Å². The maximum atomic E-state index is 12.3. The van der Waals surface area contributed by atoms with Crippen LogP contribution in [0.2, 0.25) is 0 Å². The van der Waals surface area contributed by atoms with Gasteiger partial charge >= 0.3 is 0 Å². The van der Waals surface area contributed by atoms with Crippen LogP contribution >= 0.6 is 0 Å². The number of phenolic OH excluding ortho intramolecular Hbond substituents is 1. The predicted octanol–water partition coefficient (Wildman–Crippen LogP) is 3.61. The molecular weight excluding hydrogens is 358 g/mol. The van der Waals surface area contributed by atoms with Crippen LogP contribution < -0.4 is 4.74 Å². The van der Waals surface area contributed by atoms with Crippen molar-refractivity contribution in [3.63, 3.8) is 0 Å². The second-order valence-electron chi connectivity index (χ2n) is 6.86. The first kappa shape index (κ1) is 18.4. The number of carbonyl (C=O) groups excluding carboxylic acids is 1. The number of methoxy groups -OCH3 is 1. The zero-order chi connectivity index (χ0) is 19.5. The number of morpholine rings is 1. The average Bonchev–Trinajstić information content (AvgIpc) is 3.16. The van der Waals surface area contributed by atoms with Crippen molar-refractivity contribution >= 4 is 16.9 Å². The fourth-order valence-electron chi connectivity index (χ4n) is 3.44. The number of amides is 1. The van der Waals surface area contributed by atoms with Gasteiger partial charge in [-0.15, -0.1) is 0 Å². The highest BCUT2D eigenvalue weighted by Crippen LogP contribution is 2.34. The molecule has 6 nitrogen and oxygen atoms in total. The summed E-state index contributed by atoms with van der Waals surface area (Å²) in [6.07, 6.45) is 1.19. The Morgan fingerprint density at radius 2 is 1.96 bits per heavy atom. The van der Waals surface area contributed by atoms with Gasteiger partial charge in [0.2, 0.25) is 5.91 Å². The molecule has 1 aliphatic heterocycles. The number of furan rings is 1. The van der Waals surface area contributed by atoms with E-state index in [9.17, 15) is 9.90 Å². The zero-order valence-electron chi connectivity index (χ0n) is 15.8. The van der Waals surface area contributed by atoms with E-state index in [1.165, 1.54) is 7.11 Å².